The quantitative estimate of drug-likeness (QED) is 0.671. The third-order valence-corrected chi connectivity index (χ3v) is 3.74. The molecular formula is C11H18N2O2. The number of amides is 1. The molecular weight excluding hydrogens is 192 g/mol. The highest BCUT2D eigenvalue weighted by Gasteiger charge is 2.53. The summed E-state index contributed by atoms with van der Waals surface area (Å²) in [6.07, 6.45) is 4.69. The van der Waals surface area contributed by atoms with E-state index in [2.05, 4.69) is 5.32 Å². The molecule has 2 saturated carbocycles. The highest BCUT2D eigenvalue weighted by molar-refractivity contribution is 5.79. The van der Waals surface area contributed by atoms with Crippen molar-refractivity contribution < 1.29 is 9.90 Å². The average molecular weight is 210 g/mol. The summed E-state index contributed by atoms with van der Waals surface area (Å²) in [5, 5.41) is 13.2. The summed E-state index contributed by atoms with van der Waals surface area (Å²) in [5.74, 6) is 0.616. The summed E-state index contributed by atoms with van der Waals surface area (Å²) in [4.78, 5) is 13.4. The number of carbonyl (C=O) groups is 1. The largest absolute Gasteiger partial charge is 0.386 e. The predicted molar refractivity (Wildman–Crippen MR) is 55.3 cm³/mol. The minimum Gasteiger partial charge on any atom is -0.386 e. The van der Waals surface area contributed by atoms with Crippen LogP contribution in [0, 0.1) is 5.92 Å². The van der Waals surface area contributed by atoms with E-state index in [0.717, 1.165) is 12.8 Å². The van der Waals surface area contributed by atoms with Crippen LogP contribution in [-0.4, -0.2) is 47.2 Å². The Labute approximate surface area is 89.6 Å². The number of aliphatic hydroxyl groups is 1. The van der Waals surface area contributed by atoms with E-state index in [1.807, 2.05) is 0 Å². The Morgan fingerprint density at radius 3 is 2.53 bits per heavy atom. The first-order valence-electron chi connectivity index (χ1n) is 5.91. The standard InChI is InChI=1S/C11H18N2O2/c14-10(5-12-9-3-4-9)13-6-11(15,7-13)8-1-2-8/h8-9,12,15H,1-7H2. The fourth-order valence-electron chi connectivity index (χ4n) is 2.30. The van der Waals surface area contributed by atoms with Crippen molar-refractivity contribution in [3.8, 4) is 0 Å². The third-order valence-electron chi connectivity index (χ3n) is 3.74. The molecule has 3 fully saturated rings. The highest BCUT2D eigenvalue weighted by atomic mass is 16.3. The van der Waals surface area contributed by atoms with Crippen LogP contribution in [0.3, 0.4) is 0 Å². The first-order chi connectivity index (χ1) is 7.17. The summed E-state index contributed by atoms with van der Waals surface area (Å²) in [6, 6.07) is 0.581. The van der Waals surface area contributed by atoms with Crippen LogP contribution in [-0.2, 0) is 4.79 Å². The van der Waals surface area contributed by atoms with Gasteiger partial charge in [0.25, 0.3) is 0 Å². The molecule has 3 rings (SSSR count). The number of nitrogens with one attached hydrogen (secondary N) is 1. The van der Waals surface area contributed by atoms with Crippen molar-refractivity contribution in [1.82, 2.24) is 10.2 Å². The number of rotatable bonds is 4. The molecule has 0 atom stereocenters. The first kappa shape index (κ1) is 9.60. The van der Waals surface area contributed by atoms with Gasteiger partial charge in [-0.3, -0.25) is 4.79 Å². The van der Waals surface area contributed by atoms with Crippen LogP contribution in [0.2, 0.25) is 0 Å². The number of hydrogen-bond acceptors (Lipinski definition) is 3. The van der Waals surface area contributed by atoms with Crippen LogP contribution < -0.4 is 5.32 Å². The predicted octanol–water partition coefficient (Wildman–Crippen LogP) is -0.278. The lowest BCUT2D eigenvalue weighted by Gasteiger charge is -2.47. The van der Waals surface area contributed by atoms with Gasteiger partial charge in [0.05, 0.1) is 19.6 Å². The molecule has 0 bridgehead atoms. The Bertz CT molecular complexity index is 278. The smallest absolute Gasteiger partial charge is 0.236 e. The second-order valence-corrected chi connectivity index (χ2v) is 5.28. The van der Waals surface area contributed by atoms with E-state index in [-0.39, 0.29) is 5.91 Å². The van der Waals surface area contributed by atoms with E-state index in [4.69, 9.17) is 0 Å². The van der Waals surface area contributed by atoms with Gasteiger partial charge < -0.3 is 15.3 Å². The molecule has 2 aliphatic carbocycles. The molecule has 2 N–H and O–H groups in total. The van der Waals surface area contributed by atoms with Gasteiger partial charge in [-0.2, -0.15) is 0 Å². The van der Waals surface area contributed by atoms with Crippen molar-refractivity contribution in [1.29, 1.82) is 0 Å². The molecule has 0 aromatic rings. The van der Waals surface area contributed by atoms with Gasteiger partial charge in [-0.15, -0.1) is 0 Å². The molecule has 4 heteroatoms. The number of hydrogen-bond donors (Lipinski definition) is 2. The Morgan fingerprint density at radius 2 is 2.00 bits per heavy atom. The van der Waals surface area contributed by atoms with Gasteiger partial charge in [-0.1, -0.05) is 0 Å². The zero-order valence-electron chi connectivity index (χ0n) is 8.91. The lowest BCUT2D eigenvalue weighted by molar-refractivity contribution is -0.158. The molecule has 1 heterocycles. The molecule has 0 aromatic heterocycles. The fraction of sp³-hybridized carbons (Fsp3) is 0.909. The molecule has 15 heavy (non-hydrogen) atoms. The molecule has 0 spiro atoms. The minimum atomic E-state index is -0.532. The van der Waals surface area contributed by atoms with E-state index >= 15 is 0 Å². The maximum Gasteiger partial charge on any atom is 0.236 e. The van der Waals surface area contributed by atoms with Gasteiger partial charge in [0.2, 0.25) is 5.91 Å². The van der Waals surface area contributed by atoms with Crippen LogP contribution in [0.15, 0.2) is 0 Å². The van der Waals surface area contributed by atoms with Crippen molar-refractivity contribution in [3.63, 3.8) is 0 Å². The molecule has 1 amide bonds. The summed E-state index contributed by atoms with van der Waals surface area (Å²) in [5.41, 5.74) is -0.532. The summed E-state index contributed by atoms with van der Waals surface area (Å²) >= 11 is 0. The molecule has 4 nitrogen and oxygen atoms in total. The number of nitrogens with zero attached hydrogens (tertiary/aromatic N) is 1. The van der Waals surface area contributed by atoms with Crippen molar-refractivity contribution in [2.24, 2.45) is 5.92 Å². The molecule has 0 radical (unpaired) electrons. The molecule has 0 aromatic carbocycles. The normalized spacial score (nSPS) is 28.7. The van der Waals surface area contributed by atoms with Crippen molar-refractivity contribution in [2.75, 3.05) is 19.6 Å². The summed E-state index contributed by atoms with van der Waals surface area (Å²) < 4.78 is 0. The maximum absolute atomic E-state index is 11.6. The number of β-amino-alcohol motifs (C(OH)–C–C–N with tert-alkyl or cyclic N) is 1. The van der Waals surface area contributed by atoms with E-state index in [9.17, 15) is 9.90 Å². The molecule has 3 aliphatic rings. The van der Waals surface area contributed by atoms with Crippen LogP contribution in [0.4, 0.5) is 0 Å². The number of carbonyl (C=O) groups excluding carboxylic acids is 1. The summed E-state index contributed by atoms with van der Waals surface area (Å²) in [6.45, 7) is 1.57. The molecule has 84 valence electrons. The highest BCUT2D eigenvalue weighted by Crippen LogP contribution is 2.44. The van der Waals surface area contributed by atoms with Crippen molar-refractivity contribution >= 4 is 5.91 Å². The maximum atomic E-state index is 11.6. The van der Waals surface area contributed by atoms with Gasteiger partial charge in [-0.05, 0) is 31.6 Å². The minimum absolute atomic E-state index is 0.146. The fourth-order valence-corrected chi connectivity index (χ4v) is 2.30. The van der Waals surface area contributed by atoms with Crippen LogP contribution in [0.25, 0.3) is 0 Å². The van der Waals surface area contributed by atoms with E-state index < -0.39 is 5.60 Å². The van der Waals surface area contributed by atoms with Gasteiger partial charge in [0, 0.05) is 6.04 Å². The van der Waals surface area contributed by atoms with Crippen LogP contribution in [0.1, 0.15) is 25.7 Å². The van der Waals surface area contributed by atoms with Gasteiger partial charge in [-0.25, -0.2) is 0 Å². The van der Waals surface area contributed by atoms with Crippen LogP contribution in [0.5, 0.6) is 0 Å². The molecule has 1 saturated heterocycles. The second-order valence-electron chi connectivity index (χ2n) is 5.28. The number of likely N-dealkylation sites (tertiary alicyclic amines) is 1. The van der Waals surface area contributed by atoms with Gasteiger partial charge in [0.1, 0.15) is 5.60 Å². The van der Waals surface area contributed by atoms with E-state index in [1.54, 1.807) is 4.90 Å². The van der Waals surface area contributed by atoms with E-state index in [0.29, 0.717) is 31.6 Å². The average Bonchev–Trinajstić information content (AvgIpc) is 3.01. The zero-order chi connectivity index (χ0) is 10.5. The Balaban J connectivity index is 1.42. The molecule has 1 aliphatic heterocycles. The Hall–Kier alpha value is -0.610. The third kappa shape index (κ3) is 1.88. The van der Waals surface area contributed by atoms with Gasteiger partial charge >= 0.3 is 0 Å². The Kier molecular flexibility index (Phi) is 2.04. The zero-order valence-corrected chi connectivity index (χ0v) is 8.91. The second kappa shape index (κ2) is 3.19. The van der Waals surface area contributed by atoms with E-state index in [1.165, 1.54) is 12.8 Å². The van der Waals surface area contributed by atoms with Crippen LogP contribution >= 0.6 is 0 Å². The lowest BCUT2D eigenvalue weighted by Crippen LogP contribution is -2.65. The lowest BCUT2D eigenvalue weighted by atomic mass is 9.89. The monoisotopic (exact) mass is 210 g/mol. The summed E-state index contributed by atoms with van der Waals surface area (Å²) in [7, 11) is 0. The topological polar surface area (TPSA) is 52.6 Å². The molecule has 0 unspecified atom stereocenters. The van der Waals surface area contributed by atoms with Crippen molar-refractivity contribution in [3.05, 3.63) is 0 Å². The SMILES string of the molecule is O=C(CNC1CC1)N1CC(O)(C2CC2)C1. The first-order valence-corrected chi connectivity index (χ1v) is 5.91. The Morgan fingerprint density at radius 1 is 1.33 bits per heavy atom. The van der Waals surface area contributed by atoms with Gasteiger partial charge in [0.15, 0.2) is 0 Å². The van der Waals surface area contributed by atoms with Crippen molar-refractivity contribution in [2.45, 2.75) is 37.3 Å².